The molecule has 0 bridgehead atoms. The van der Waals surface area contributed by atoms with E-state index in [1.807, 2.05) is 7.05 Å². The van der Waals surface area contributed by atoms with Crippen molar-refractivity contribution >= 4 is 0 Å². The Bertz CT molecular complexity index is 130. The summed E-state index contributed by atoms with van der Waals surface area (Å²) in [6, 6.07) is 1.56. The predicted octanol–water partition coefficient (Wildman–Crippen LogP) is 1.86. The first-order chi connectivity index (χ1) is 6.29. The third-order valence-corrected chi connectivity index (χ3v) is 3.22. The number of likely N-dealkylation sites (N-methyl/N-ethyl adjacent to an activating group) is 2. The van der Waals surface area contributed by atoms with E-state index in [4.69, 9.17) is 0 Å². The van der Waals surface area contributed by atoms with Gasteiger partial charge in [0.1, 0.15) is 0 Å². The number of hydrogen-bond donors (Lipinski definition) is 1. The maximum Gasteiger partial charge on any atom is 0.0195 e. The molecule has 13 heavy (non-hydrogen) atoms. The molecular formula is C11H24N2. The second-order valence-electron chi connectivity index (χ2n) is 4.18. The van der Waals surface area contributed by atoms with Crippen LogP contribution in [0.5, 0.6) is 0 Å². The van der Waals surface area contributed by atoms with Gasteiger partial charge in [-0.3, -0.25) is 4.90 Å². The van der Waals surface area contributed by atoms with Gasteiger partial charge in [-0.05, 0) is 33.4 Å². The van der Waals surface area contributed by atoms with Gasteiger partial charge in [-0.2, -0.15) is 0 Å². The maximum absolute atomic E-state index is 3.26. The van der Waals surface area contributed by atoms with Gasteiger partial charge in [0.2, 0.25) is 0 Å². The Balaban J connectivity index is 2.39. The molecule has 0 saturated heterocycles. The molecule has 0 aromatic rings. The van der Waals surface area contributed by atoms with Crippen LogP contribution < -0.4 is 5.32 Å². The number of nitrogens with zero attached hydrogens (tertiary/aromatic N) is 1. The fraction of sp³-hybridized carbons (Fsp3) is 1.00. The van der Waals surface area contributed by atoms with Gasteiger partial charge in [-0.1, -0.05) is 19.8 Å². The molecule has 0 aromatic heterocycles. The van der Waals surface area contributed by atoms with Crippen molar-refractivity contribution in [1.82, 2.24) is 10.2 Å². The summed E-state index contributed by atoms with van der Waals surface area (Å²) in [4.78, 5) is 2.66. The summed E-state index contributed by atoms with van der Waals surface area (Å²) in [7, 11) is 2.04. The van der Waals surface area contributed by atoms with Crippen LogP contribution in [-0.4, -0.2) is 37.1 Å². The molecule has 0 radical (unpaired) electrons. The Labute approximate surface area is 82.7 Å². The van der Waals surface area contributed by atoms with Crippen LogP contribution in [-0.2, 0) is 0 Å². The van der Waals surface area contributed by atoms with E-state index in [2.05, 4.69) is 24.1 Å². The van der Waals surface area contributed by atoms with Gasteiger partial charge in [-0.25, -0.2) is 0 Å². The van der Waals surface area contributed by atoms with Crippen LogP contribution >= 0.6 is 0 Å². The van der Waals surface area contributed by atoms with Crippen molar-refractivity contribution in [2.24, 2.45) is 0 Å². The van der Waals surface area contributed by atoms with Crippen molar-refractivity contribution in [3.8, 4) is 0 Å². The summed E-state index contributed by atoms with van der Waals surface area (Å²) in [5, 5.41) is 3.26. The predicted molar refractivity (Wildman–Crippen MR) is 58.0 cm³/mol. The van der Waals surface area contributed by atoms with Crippen molar-refractivity contribution in [2.75, 3.05) is 20.1 Å². The number of nitrogens with one attached hydrogen (secondary N) is 1. The summed E-state index contributed by atoms with van der Waals surface area (Å²) in [6.45, 7) is 6.93. The normalized spacial score (nSPS) is 21.2. The van der Waals surface area contributed by atoms with Crippen molar-refractivity contribution in [3.63, 3.8) is 0 Å². The summed E-state index contributed by atoms with van der Waals surface area (Å²) in [5.74, 6) is 0. The van der Waals surface area contributed by atoms with Gasteiger partial charge < -0.3 is 5.32 Å². The molecule has 0 aromatic carbocycles. The minimum absolute atomic E-state index is 0.693. The molecule has 2 nitrogen and oxygen atoms in total. The highest BCUT2D eigenvalue weighted by atomic mass is 15.2. The Morgan fingerprint density at radius 1 is 1.38 bits per heavy atom. The lowest BCUT2D eigenvalue weighted by molar-refractivity contribution is 0.153. The lowest BCUT2D eigenvalue weighted by Crippen LogP contribution is -2.44. The third kappa shape index (κ3) is 2.96. The van der Waals surface area contributed by atoms with Gasteiger partial charge in [0.05, 0.1) is 0 Å². The van der Waals surface area contributed by atoms with Crippen LogP contribution in [0.25, 0.3) is 0 Å². The zero-order valence-electron chi connectivity index (χ0n) is 9.34. The lowest BCUT2D eigenvalue weighted by atomic mass is 10.1. The molecular weight excluding hydrogens is 160 g/mol. The van der Waals surface area contributed by atoms with Gasteiger partial charge in [0, 0.05) is 18.6 Å². The average Bonchev–Trinajstić information content (AvgIpc) is 2.59. The Morgan fingerprint density at radius 2 is 2.00 bits per heavy atom. The van der Waals surface area contributed by atoms with Crippen LogP contribution in [0.3, 0.4) is 0 Å². The zero-order chi connectivity index (χ0) is 9.68. The van der Waals surface area contributed by atoms with Crippen molar-refractivity contribution in [1.29, 1.82) is 0 Å². The molecule has 2 heteroatoms. The van der Waals surface area contributed by atoms with Crippen molar-refractivity contribution < 1.29 is 0 Å². The van der Waals surface area contributed by atoms with Crippen molar-refractivity contribution in [3.05, 3.63) is 0 Å². The van der Waals surface area contributed by atoms with E-state index in [-0.39, 0.29) is 0 Å². The second kappa shape index (κ2) is 5.61. The molecule has 78 valence electrons. The van der Waals surface area contributed by atoms with E-state index >= 15 is 0 Å². The first-order valence-electron chi connectivity index (χ1n) is 5.70. The Hall–Kier alpha value is -0.0800. The van der Waals surface area contributed by atoms with Gasteiger partial charge in [0.15, 0.2) is 0 Å². The SMILES string of the molecule is CCN(C(C)CNC)C1CCCC1. The summed E-state index contributed by atoms with van der Waals surface area (Å²) >= 11 is 0. The molecule has 1 saturated carbocycles. The van der Waals surface area contributed by atoms with Crippen LogP contribution in [0.15, 0.2) is 0 Å². The summed E-state index contributed by atoms with van der Waals surface area (Å²) in [5.41, 5.74) is 0. The summed E-state index contributed by atoms with van der Waals surface area (Å²) < 4.78 is 0. The zero-order valence-corrected chi connectivity index (χ0v) is 9.34. The molecule has 0 aliphatic heterocycles. The fourth-order valence-corrected chi connectivity index (χ4v) is 2.58. The van der Waals surface area contributed by atoms with E-state index in [0.29, 0.717) is 6.04 Å². The molecule has 0 amide bonds. The fourth-order valence-electron chi connectivity index (χ4n) is 2.58. The van der Waals surface area contributed by atoms with Gasteiger partial charge in [-0.15, -0.1) is 0 Å². The highest BCUT2D eigenvalue weighted by Crippen LogP contribution is 2.24. The highest BCUT2D eigenvalue weighted by molar-refractivity contribution is 4.80. The molecule has 1 atom stereocenters. The van der Waals surface area contributed by atoms with E-state index < -0.39 is 0 Å². The minimum Gasteiger partial charge on any atom is -0.318 e. The summed E-state index contributed by atoms with van der Waals surface area (Å²) in [6.07, 6.45) is 5.71. The second-order valence-corrected chi connectivity index (χ2v) is 4.18. The largest absolute Gasteiger partial charge is 0.318 e. The Kier molecular flexibility index (Phi) is 4.74. The van der Waals surface area contributed by atoms with Gasteiger partial charge in [0.25, 0.3) is 0 Å². The quantitative estimate of drug-likeness (QED) is 0.701. The maximum atomic E-state index is 3.26. The van der Waals surface area contributed by atoms with Crippen LogP contribution in [0, 0.1) is 0 Å². The van der Waals surface area contributed by atoms with Crippen LogP contribution in [0.2, 0.25) is 0 Å². The molecule has 1 aliphatic carbocycles. The molecule has 1 N–H and O–H groups in total. The first kappa shape index (κ1) is 11.0. The molecule has 1 fully saturated rings. The minimum atomic E-state index is 0.693. The molecule has 1 aliphatic rings. The van der Waals surface area contributed by atoms with Crippen LogP contribution in [0.1, 0.15) is 39.5 Å². The van der Waals surface area contributed by atoms with E-state index in [1.165, 1.54) is 32.2 Å². The molecule has 0 spiro atoms. The molecule has 1 unspecified atom stereocenters. The first-order valence-corrected chi connectivity index (χ1v) is 5.70. The van der Waals surface area contributed by atoms with E-state index in [9.17, 15) is 0 Å². The number of rotatable bonds is 5. The highest BCUT2D eigenvalue weighted by Gasteiger charge is 2.24. The lowest BCUT2D eigenvalue weighted by Gasteiger charge is -2.33. The topological polar surface area (TPSA) is 15.3 Å². The standard InChI is InChI=1S/C11H24N2/c1-4-13(10(2)9-12-3)11-7-5-6-8-11/h10-12H,4-9H2,1-3H3. The molecule has 1 rings (SSSR count). The van der Waals surface area contributed by atoms with E-state index in [0.717, 1.165) is 12.6 Å². The van der Waals surface area contributed by atoms with E-state index in [1.54, 1.807) is 0 Å². The molecule has 0 heterocycles. The third-order valence-electron chi connectivity index (χ3n) is 3.22. The van der Waals surface area contributed by atoms with Gasteiger partial charge >= 0.3 is 0 Å². The average molecular weight is 184 g/mol. The van der Waals surface area contributed by atoms with Crippen LogP contribution in [0.4, 0.5) is 0 Å². The Morgan fingerprint density at radius 3 is 2.46 bits per heavy atom. The van der Waals surface area contributed by atoms with Crippen molar-refractivity contribution in [2.45, 2.75) is 51.6 Å². The smallest absolute Gasteiger partial charge is 0.0195 e. The number of hydrogen-bond acceptors (Lipinski definition) is 2. The monoisotopic (exact) mass is 184 g/mol.